The lowest BCUT2D eigenvalue weighted by Crippen LogP contribution is -2.32. The fourth-order valence-electron chi connectivity index (χ4n) is 2.31. The molecule has 2 aliphatic heterocycles. The maximum atomic E-state index is 11.4. The number of hydrogen-bond acceptors (Lipinski definition) is 6. The SMILES string of the molecule is C=C(C)C(=O)O[C@H](C)CC1OC(C)C2OC(=O)OC12. The van der Waals surface area contributed by atoms with Crippen LogP contribution < -0.4 is 0 Å². The fraction of sp³-hybridized carbons (Fsp3) is 0.692. The van der Waals surface area contributed by atoms with Gasteiger partial charge in [0.15, 0.2) is 12.2 Å². The third kappa shape index (κ3) is 2.89. The normalized spacial score (nSPS) is 34.2. The summed E-state index contributed by atoms with van der Waals surface area (Å²) < 4.78 is 21.0. The minimum Gasteiger partial charge on any atom is -0.459 e. The maximum absolute atomic E-state index is 11.4. The van der Waals surface area contributed by atoms with Gasteiger partial charge in [0, 0.05) is 12.0 Å². The van der Waals surface area contributed by atoms with Crippen molar-refractivity contribution >= 4 is 12.1 Å². The van der Waals surface area contributed by atoms with Gasteiger partial charge in [-0.05, 0) is 20.8 Å². The van der Waals surface area contributed by atoms with E-state index >= 15 is 0 Å². The van der Waals surface area contributed by atoms with E-state index in [0.29, 0.717) is 12.0 Å². The second-order valence-electron chi connectivity index (χ2n) is 5.03. The van der Waals surface area contributed by atoms with Gasteiger partial charge >= 0.3 is 12.1 Å². The van der Waals surface area contributed by atoms with E-state index in [2.05, 4.69) is 6.58 Å². The van der Waals surface area contributed by atoms with Gasteiger partial charge in [0.05, 0.1) is 6.10 Å². The van der Waals surface area contributed by atoms with E-state index in [0.717, 1.165) is 0 Å². The van der Waals surface area contributed by atoms with Crippen molar-refractivity contribution in [3.8, 4) is 0 Å². The molecule has 4 unspecified atom stereocenters. The van der Waals surface area contributed by atoms with Crippen molar-refractivity contribution in [1.82, 2.24) is 0 Å². The molecule has 0 radical (unpaired) electrons. The maximum Gasteiger partial charge on any atom is 0.509 e. The highest BCUT2D eigenvalue weighted by atomic mass is 16.8. The zero-order valence-corrected chi connectivity index (χ0v) is 11.3. The first-order valence-corrected chi connectivity index (χ1v) is 6.27. The van der Waals surface area contributed by atoms with Crippen LogP contribution in [0, 0.1) is 0 Å². The Hall–Kier alpha value is -1.56. The Morgan fingerprint density at radius 3 is 2.68 bits per heavy atom. The Morgan fingerprint density at radius 1 is 1.42 bits per heavy atom. The third-order valence-electron chi connectivity index (χ3n) is 3.23. The highest BCUT2D eigenvalue weighted by Gasteiger charge is 2.52. The molecule has 0 aromatic carbocycles. The molecule has 2 aliphatic rings. The number of carbonyl (C=O) groups is 2. The molecule has 0 aromatic rings. The minimum absolute atomic E-state index is 0.217. The zero-order chi connectivity index (χ0) is 14.2. The van der Waals surface area contributed by atoms with Crippen LogP contribution in [0.5, 0.6) is 0 Å². The molecule has 0 aliphatic carbocycles. The lowest BCUT2D eigenvalue weighted by molar-refractivity contribution is -0.145. The quantitative estimate of drug-likeness (QED) is 0.570. The van der Waals surface area contributed by atoms with E-state index in [1.165, 1.54) is 0 Å². The molecule has 0 spiro atoms. The van der Waals surface area contributed by atoms with E-state index in [9.17, 15) is 9.59 Å². The van der Waals surface area contributed by atoms with Crippen LogP contribution in [0.2, 0.25) is 0 Å². The molecular formula is C13H18O6. The molecule has 0 amide bonds. The van der Waals surface area contributed by atoms with Gasteiger partial charge in [-0.3, -0.25) is 0 Å². The van der Waals surface area contributed by atoms with Crippen molar-refractivity contribution in [2.24, 2.45) is 0 Å². The van der Waals surface area contributed by atoms with Gasteiger partial charge in [-0.2, -0.15) is 0 Å². The molecule has 5 atom stereocenters. The van der Waals surface area contributed by atoms with Crippen LogP contribution in [0.1, 0.15) is 27.2 Å². The second-order valence-corrected chi connectivity index (χ2v) is 5.03. The summed E-state index contributed by atoms with van der Waals surface area (Å²) >= 11 is 0. The molecule has 6 nitrogen and oxygen atoms in total. The Kier molecular flexibility index (Phi) is 3.80. The standard InChI is InChI=1S/C13H18O6/c1-6(2)12(14)16-7(3)5-9-11-10(8(4)17-9)18-13(15)19-11/h7-11H,1,5H2,2-4H3/t7-,8?,9?,10?,11?/m1/s1. The Labute approximate surface area is 111 Å². The average molecular weight is 270 g/mol. The van der Waals surface area contributed by atoms with E-state index in [1.807, 2.05) is 6.92 Å². The van der Waals surface area contributed by atoms with Crippen LogP contribution in [0.25, 0.3) is 0 Å². The largest absolute Gasteiger partial charge is 0.509 e. The predicted molar refractivity (Wildman–Crippen MR) is 64.5 cm³/mol. The van der Waals surface area contributed by atoms with Crippen molar-refractivity contribution in [2.45, 2.75) is 57.7 Å². The van der Waals surface area contributed by atoms with Gasteiger partial charge in [-0.1, -0.05) is 6.58 Å². The second kappa shape index (κ2) is 5.21. The predicted octanol–water partition coefficient (Wildman–Crippen LogP) is 1.58. The first-order chi connectivity index (χ1) is 8.88. The molecule has 2 saturated heterocycles. The summed E-state index contributed by atoms with van der Waals surface area (Å²) in [4.78, 5) is 22.5. The van der Waals surface area contributed by atoms with Gasteiger partial charge in [0.2, 0.25) is 0 Å². The monoisotopic (exact) mass is 270 g/mol. The van der Waals surface area contributed by atoms with Crippen LogP contribution in [-0.4, -0.2) is 42.6 Å². The van der Waals surface area contributed by atoms with Crippen LogP contribution in [-0.2, 0) is 23.7 Å². The fourth-order valence-corrected chi connectivity index (χ4v) is 2.31. The van der Waals surface area contributed by atoms with Crippen LogP contribution in [0.4, 0.5) is 4.79 Å². The highest BCUT2D eigenvalue weighted by Crippen LogP contribution is 2.34. The summed E-state index contributed by atoms with van der Waals surface area (Å²) in [6.07, 6.45) is -1.90. The van der Waals surface area contributed by atoms with E-state index < -0.39 is 18.2 Å². The van der Waals surface area contributed by atoms with Crippen LogP contribution in [0.3, 0.4) is 0 Å². The summed E-state index contributed by atoms with van der Waals surface area (Å²) in [7, 11) is 0. The minimum atomic E-state index is -0.665. The van der Waals surface area contributed by atoms with Gasteiger partial charge in [0.25, 0.3) is 0 Å². The summed E-state index contributed by atoms with van der Waals surface area (Å²) in [5, 5.41) is 0. The van der Waals surface area contributed by atoms with Crippen molar-refractivity contribution in [1.29, 1.82) is 0 Å². The third-order valence-corrected chi connectivity index (χ3v) is 3.23. The molecule has 0 N–H and O–H groups in total. The van der Waals surface area contributed by atoms with Crippen LogP contribution >= 0.6 is 0 Å². The summed E-state index contributed by atoms with van der Waals surface area (Å²) in [6, 6.07) is 0. The summed E-state index contributed by atoms with van der Waals surface area (Å²) in [5.41, 5.74) is 0.348. The van der Waals surface area contributed by atoms with E-state index in [1.54, 1.807) is 13.8 Å². The highest BCUT2D eigenvalue weighted by molar-refractivity contribution is 5.87. The van der Waals surface area contributed by atoms with Gasteiger partial charge < -0.3 is 18.9 Å². The van der Waals surface area contributed by atoms with E-state index in [4.69, 9.17) is 18.9 Å². The number of carbonyl (C=O) groups excluding carboxylic acids is 2. The van der Waals surface area contributed by atoms with E-state index in [-0.39, 0.29) is 24.4 Å². The van der Waals surface area contributed by atoms with Crippen molar-refractivity contribution < 1.29 is 28.5 Å². The number of ether oxygens (including phenoxy) is 4. The first kappa shape index (κ1) is 13.9. The summed E-state index contributed by atoms with van der Waals surface area (Å²) in [5.74, 6) is -0.435. The summed E-state index contributed by atoms with van der Waals surface area (Å²) in [6.45, 7) is 8.70. The zero-order valence-electron chi connectivity index (χ0n) is 11.3. The van der Waals surface area contributed by atoms with Crippen molar-refractivity contribution in [2.75, 3.05) is 0 Å². The molecule has 19 heavy (non-hydrogen) atoms. The Morgan fingerprint density at radius 2 is 2.05 bits per heavy atom. The first-order valence-electron chi connectivity index (χ1n) is 6.27. The van der Waals surface area contributed by atoms with Crippen molar-refractivity contribution in [3.05, 3.63) is 12.2 Å². The number of rotatable bonds is 4. The molecule has 0 aromatic heterocycles. The number of hydrogen-bond donors (Lipinski definition) is 0. The molecule has 106 valence electrons. The lowest BCUT2D eigenvalue weighted by Gasteiger charge is -2.19. The molecule has 0 bridgehead atoms. The van der Waals surface area contributed by atoms with Gasteiger partial charge in [-0.25, -0.2) is 9.59 Å². The lowest BCUT2D eigenvalue weighted by atomic mass is 10.0. The Balaban J connectivity index is 1.91. The average Bonchev–Trinajstić information content (AvgIpc) is 2.80. The molecule has 6 heteroatoms. The van der Waals surface area contributed by atoms with Crippen molar-refractivity contribution in [3.63, 3.8) is 0 Å². The molecule has 2 fully saturated rings. The number of fused-ring (bicyclic) bond motifs is 1. The molecular weight excluding hydrogens is 252 g/mol. The van der Waals surface area contributed by atoms with Gasteiger partial charge in [0.1, 0.15) is 12.2 Å². The molecule has 2 heterocycles. The Bertz CT molecular complexity index is 404. The molecule has 0 saturated carbocycles. The van der Waals surface area contributed by atoms with Crippen LogP contribution in [0.15, 0.2) is 12.2 Å². The topological polar surface area (TPSA) is 71.1 Å². The molecule has 2 rings (SSSR count). The number of esters is 1. The van der Waals surface area contributed by atoms with Gasteiger partial charge in [-0.15, -0.1) is 0 Å². The smallest absolute Gasteiger partial charge is 0.459 e.